The summed E-state index contributed by atoms with van der Waals surface area (Å²) in [7, 11) is 0. The number of rotatable bonds is 0. The van der Waals surface area contributed by atoms with Crippen LogP contribution in [0.25, 0.3) is 0 Å². The van der Waals surface area contributed by atoms with E-state index in [0.717, 1.165) is 0 Å². The van der Waals surface area contributed by atoms with Gasteiger partial charge in [-0.2, -0.15) is 0 Å². The molecule has 0 radical (unpaired) electrons. The number of amides is 2. The van der Waals surface area contributed by atoms with Crippen LogP contribution in [0.15, 0.2) is 21.8 Å². The van der Waals surface area contributed by atoms with Gasteiger partial charge in [-0.15, -0.1) is 0 Å². The van der Waals surface area contributed by atoms with Crippen molar-refractivity contribution in [2.45, 2.75) is 0 Å². The van der Waals surface area contributed by atoms with E-state index in [1.54, 1.807) is 12.1 Å². The minimum absolute atomic E-state index is 0.0835. The first-order valence-electron chi connectivity index (χ1n) is 4.08. The quantitative estimate of drug-likeness (QED) is 0.433. The smallest absolute Gasteiger partial charge is 0.262 e. The summed E-state index contributed by atoms with van der Waals surface area (Å²) in [6.07, 6.45) is 0. The molecule has 0 fully saturated rings. The Labute approximate surface area is 99.9 Å². The van der Waals surface area contributed by atoms with Gasteiger partial charge in [0, 0.05) is 0 Å². The van der Waals surface area contributed by atoms with Crippen LogP contribution in [0, 0.1) is 12.1 Å². The molecule has 4 nitrogen and oxygen atoms in total. The van der Waals surface area contributed by atoms with Gasteiger partial charge in [-0.05, 0) is 22.3 Å². The van der Waals surface area contributed by atoms with Crippen molar-refractivity contribution in [1.82, 2.24) is 0 Å². The van der Waals surface area contributed by atoms with Crippen LogP contribution in [0.3, 0.4) is 0 Å². The number of hydrogen-bond acceptors (Lipinski definition) is 2. The number of halogens is 1. The minimum Gasteiger partial charge on any atom is -0.319 e. The molecule has 1 aromatic rings. The van der Waals surface area contributed by atoms with E-state index in [1.807, 2.05) is 22.6 Å². The zero-order valence-corrected chi connectivity index (χ0v) is 9.58. The third-order valence-electron chi connectivity index (χ3n) is 1.88. The Kier molecular flexibility index (Phi) is 2.60. The number of nitrogens with one attached hydrogen (secondary N) is 2. The third-order valence-corrected chi connectivity index (χ3v) is 2.51. The molecular formula is C10H5IN2O2. The summed E-state index contributed by atoms with van der Waals surface area (Å²) in [5, 5.41) is 5.18. The molecule has 15 heavy (non-hydrogen) atoms. The molecule has 0 saturated carbocycles. The van der Waals surface area contributed by atoms with Crippen molar-refractivity contribution in [2.75, 3.05) is 10.6 Å². The van der Waals surface area contributed by atoms with E-state index in [1.165, 1.54) is 4.08 Å². The fraction of sp³-hybridized carbons (Fsp3) is 0. The van der Waals surface area contributed by atoms with Gasteiger partial charge in [0.15, 0.2) is 0 Å². The second-order valence-corrected chi connectivity index (χ2v) is 3.45. The van der Waals surface area contributed by atoms with Crippen molar-refractivity contribution < 1.29 is 9.59 Å². The van der Waals surface area contributed by atoms with E-state index in [2.05, 4.69) is 22.8 Å². The molecular weight excluding hydrogens is 307 g/mol. The Morgan fingerprint density at radius 1 is 1.27 bits per heavy atom. The first kappa shape index (κ1) is 9.98. The van der Waals surface area contributed by atoms with Crippen LogP contribution in [-0.2, 0) is 9.59 Å². The molecule has 0 bridgehead atoms. The third kappa shape index (κ3) is 1.80. The molecule has 2 rings (SSSR count). The van der Waals surface area contributed by atoms with Crippen molar-refractivity contribution in [3.63, 3.8) is 0 Å². The van der Waals surface area contributed by atoms with E-state index in [9.17, 15) is 9.59 Å². The molecule has 5 heteroatoms. The summed E-state index contributed by atoms with van der Waals surface area (Å²) in [5.41, 5.74) is 1.05. The summed E-state index contributed by atoms with van der Waals surface area (Å²) in [5.74, 6) is -0.850. The lowest BCUT2D eigenvalue weighted by Crippen LogP contribution is -2.20. The molecule has 2 N–H and O–H groups in total. The van der Waals surface area contributed by atoms with Gasteiger partial charge in [-0.1, -0.05) is 28.7 Å². The van der Waals surface area contributed by atoms with E-state index in [4.69, 9.17) is 0 Å². The van der Waals surface area contributed by atoms with Crippen molar-refractivity contribution in [3.05, 3.63) is 33.9 Å². The van der Waals surface area contributed by atoms with Crippen LogP contribution in [-0.4, -0.2) is 11.8 Å². The van der Waals surface area contributed by atoms with Gasteiger partial charge < -0.3 is 10.6 Å². The van der Waals surface area contributed by atoms with Crippen LogP contribution in [0.5, 0.6) is 0 Å². The largest absolute Gasteiger partial charge is 0.319 e. The highest BCUT2D eigenvalue weighted by atomic mass is 127. The second-order valence-electron chi connectivity index (χ2n) is 2.82. The summed E-state index contributed by atoms with van der Waals surface area (Å²) in [4.78, 5) is 23.1. The molecule has 74 valence electrons. The summed E-state index contributed by atoms with van der Waals surface area (Å²) < 4.78 is 1.44. The van der Waals surface area contributed by atoms with Gasteiger partial charge in [-0.25, -0.2) is 0 Å². The Hall–Kier alpha value is -1.55. The van der Waals surface area contributed by atoms with Crippen LogP contribution in [0.1, 0.15) is 0 Å². The number of hydrogen-bond donors (Lipinski definition) is 2. The van der Waals surface area contributed by atoms with E-state index < -0.39 is 11.8 Å². The van der Waals surface area contributed by atoms with Gasteiger partial charge in [0.05, 0.1) is 5.69 Å². The number of carbonyl (C=O) groups excluding carboxylic acids is 2. The maximum Gasteiger partial charge on any atom is 0.262 e. The standard InChI is InChI=1S/C10H5IN2O2/c11-5-6-9(14)12-7-3-1-2-4-8(7)13-10(6)15/h1,3,5H,(H,12,14)(H,13,15)/b6-5-. The minimum atomic E-state index is -0.434. The van der Waals surface area contributed by atoms with Gasteiger partial charge in [0.2, 0.25) is 0 Å². The Bertz CT molecular complexity index is 429. The molecule has 1 aliphatic heterocycles. The van der Waals surface area contributed by atoms with Crippen molar-refractivity contribution in [1.29, 1.82) is 0 Å². The van der Waals surface area contributed by atoms with Gasteiger partial charge in [-0.3, -0.25) is 9.59 Å². The van der Waals surface area contributed by atoms with E-state index in [0.29, 0.717) is 11.4 Å². The Balaban J connectivity index is 2.49. The lowest BCUT2D eigenvalue weighted by molar-refractivity contribution is -0.118. The lowest BCUT2D eigenvalue weighted by Gasteiger charge is -2.00. The van der Waals surface area contributed by atoms with Crippen LogP contribution in [0.2, 0.25) is 0 Å². The molecule has 0 spiro atoms. The highest BCUT2D eigenvalue weighted by molar-refractivity contribution is 14.1. The van der Waals surface area contributed by atoms with E-state index in [-0.39, 0.29) is 5.57 Å². The van der Waals surface area contributed by atoms with E-state index >= 15 is 0 Å². The monoisotopic (exact) mass is 312 g/mol. The highest BCUT2D eigenvalue weighted by Gasteiger charge is 2.23. The molecule has 2 amide bonds. The predicted octanol–water partition coefficient (Wildman–Crippen LogP) is 1.50. The number of carbonyl (C=O) groups is 2. The maximum atomic E-state index is 11.5. The second kappa shape index (κ2) is 3.90. The molecule has 0 aliphatic carbocycles. The van der Waals surface area contributed by atoms with Crippen LogP contribution in [0.4, 0.5) is 11.4 Å². The summed E-state index contributed by atoms with van der Waals surface area (Å²) >= 11 is 1.85. The predicted molar refractivity (Wildman–Crippen MR) is 63.5 cm³/mol. The van der Waals surface area contributed by atoms with Crippen molar-refractivity contribution in [2.24, 2.45) is 0 Å². The topological polar surface area (TPSA) is 58.2 Å². The zero-order valence-electron chi connectivity index (χ0n) is 7.43. The first-order valence-corrected chi connectivity index (χ1v) is 5.32. The SMILES string of the molecule is O=C1Nc2c#cccc2NC(=O)/C1=C/I. The fourth-order valence-electron chi connectivity index (χ4n) is 1.16. The molecule has 0 atom stereocenters. The average molecular weight is 312 g/mol. The number of fused-ring (bicyclic) bond motifs is 1. The molecule has 1 aliphatic rings. The molecule has 1 aromatic carbocycles. The van der Waals surface area contributed by atoms with Gasteiger partial charge in [0.1, 0.15) is 11.3 Å². The fourth-order valence-corrected chi connectivity index (χ4v) is 1.73. The Morgan fingerprint density at radius 3 is 2.73 bits per heavy atom. The Morgan fingerprint density at radius 2 is 2.00 bits per heavy atom. The van der Waals surface area contributed by atoms with Crippen molar-refractivity contribution in [3.8, 4) is 0 Å². The normalized spacial score (nSPS) is 17.3. The maximum absolute atomic E-state index is 11.5. The van der Waals surface area contributed by atoms with Crippen LogP contribution < -0.4 is 10.6 Å². The van der Waals surface area contributed by atoms with Crippen molar-refractivity contribution >= 4 is 45.8 Å². The molecule has 1 heterocycles. The first-order chi connectivity index (χ1) is 7.22. The lowest BCUT2D eigenvalue weighted by atomic mass is 10.3. The molecule has 0 unspecified atom stereocenters. The zero-order chi connectivity index (χ0) is 10.8. The van der Waals surface area contributed by atoms with Gasteiger partial charge >= 0.3 is 0 Å². The summed E-state index contributed by atoms with van der Waals surface area (Å²) in [6, 6.07) is 8.70. The highest BCUT2D eigenvalue weighted by Crippen LogP contribution is 2.23. The number of anilines is 2. The van der Waals surface area contributed by atoms with Crippen LogP contribution >= 0.6 is 22.6 Å². The summed E-state index contributed by atoms with van der Waals surface area (Å²) in [6.45, 7) is 0. The average Bonchev–Trinajstić information content (AvgIpc) is 2.33. The van der Waals surface area contributed by atoms with Gasteiger partial charge in [0.25, 0.3) is 11.8 Å². The molecule has 0 saturated heterocycles. The molecule has 0 aromatic heterocycles.